The zero-order chi connectivity index (χ0) is 11.1. The van der Waals surface area contributed by atoms with Gasteiger partial charge in [0.2, 0.25) is 5.16 Å². The van der Waals surface area contributed by atoms with Crippen molar-refractivity contribution < 1.29 is 8.42 Å². The van der Waals surface area contributed by atoms with E-state index in [4.69, 9.17) is 11.6 Å². The summed E-state index contributed by atoms with van der Waals surface area (Å²) in [5.41, 5.74) is 0. The normalized spacial score (nSPS) is 24.1. The standard InChI is InChI=1S/C7H8ClN3O2S2/c1-4-9-7(11-10-4)14-6-3-15(12,13)2-5(6)8/h2,6H,3H2,1H3,(H,9,10,11). The molecule has 0 spiro atoms. The Morgan fingerprint density at radius 3 is 2.87 bits per heavy atom. The topological polar surface area (TPSA) is 75.7 Å². The van der Waals surface area contributed by atoms with E-state index >= 15 is 0 Å². The second-order valence-corrected chi connectivity index (χ2v) is 6.64. The Labute approximate surface area is 96.2 Å². The minimum absolute atomic E-state index is 0.0179. The highest BCUT2D eigenvalue weighted by molar-refractivity contribution is 8.02. The summed E-state index contributed by atoms with van der Waals surface area (Å²) >= 11 is 7.06. The molecule has 0 fully saturated rings. The van der Waals surface area contributed by atoms with Crippen molar-refractivity contribution in [1.82, 2.24) is 15.2 Å². The van der Waals surface area contributed by atoms with Crippen molar-refractivity contribution in [2.45, 2.75) is 17.3 Å². The molecule has 5 nitrogen and oxygen atoms in total. The lowest BCUT2D eigenvalue weighted by Crippen LogP contribution is -2.08. The van der Waals surface area contributed by atoms with E-state index < -0.39 is 9.84 Å². The zero-order valence-corrected chi connectivity index (χ0v) is 10.2. The molecule has 1 N–H and O–H groups in total. The van der Waals surface area contributed by atoms with Crippen molar-refractivity contribution in [2.24, 2.45) is 0 Å². The van der Waals surface area contributed by atoms with Gasteiger partial charge in [0.1, 0.15) is 5.82 Å². The fraction of sp³-hybridized carbons (Fsp3) is 0.429. The zero-order valence-electron chi connectivity index (χ0n) is 7.77. The molecule has 2 rings (SSSR count). The minimum Gasteiger partial charge on any atom is -0.262 e. The van der Waals surface area contributed by atoms with Crippen LogP contribution in [0.3, 0.4) is 0 Å². The van der Waals surface area contributed by atoms with Crippen LogP contribution < -0.4 is 0 Å². The molecule has 2 heterocycles. The number of thioether (sulfide) groups is 1. The molecular formula is C7H8ClN3O2S2. The number of hydrogen-bond donors (Lipinski definition) is 1. The van der Waals surface area contributed by atoms with Crippen LogP contribution in [0, 0.1) is 6.92 Å². The van der Waals surface area contributed by atoms with E-state index in [1.807, 2.05) is 0 Å². The van der Waals surface area contributed by atoms with Crippen molar-refractivity contribution in [3.63, 3.8) is 0 Å². The molecule has 0 bridgehead atoms. The second-order valence-electron chi connectivity index (χ2n) is 3.14. The largest absolute Gasteiger partial charge is 0.262 e. The van der Waals surface area contributed by atoms with Gasteiger partial charge in [-0.25, -0.2) is 13.4 Å². The number of hydrogen-bond acceptors (Lipinski definition) is 5. The van der Waals surface area contributed by atoms with Crippen LogP contribution in [-0.4, -0.2) is 34.6 Å². The molecule has 0 saturated carbocycles. The maximum absolute atomic E-state index is 11.2. The predicted molar refractivity (Wildman–Crippen MR) is 58.5 cm³/mol. The Morgan fingerprint density at radius 1 is 1.67 bits per heavy atom. The molecule has 15 heavy (non-hydrogen) atoms. The van der Waals surface area contributed by atoms with Crippen LogP contribution in [0.5, 0.6) is 0 Å². The third-order valence-electron chi connectivity index (χ3n) is 1.81. The van der Waals surface area contributed by atoms with Crippen molar-refractivity contribution in [3.8, 4) is 0 Å². The second kappa shape index (κ2) is 3.80. The molecule has 1 aromatic rings. The molecule has 1 unspecified atom stereocenters. The van der Waals surface area contributed by atoms with Gasteiger partial charge in [-0.05, 0) is 6.92 Å². The van der Waals surface area contributed by atoms with Crippen LogP contribution in [0.25, 0.3) is 0 Å². The van der Waals surface area contributed by atoms with Gasteiger partial charge in [-0.15, -0.1) is 5.10 Å². The van der Waals surface area contributed by atoms with Crippen molar-refractivity contribution in [1.29, 1.82) is 0 Å². The molecule has 0 saturated heterocycles. The number of aromatic amines is 1. The van der Waals surface area contributed by atoms with Gasteiger partial charge in [0.25, 0.3) is 0 Å². The molecule has 1 atom stereocenters. The number of nitrogens with zero attached hydrogens (tertiary/aromatic N) is 2. The lowest BCUT2D eigenvalue weighted by molar-refractivity contribution is 0.606. The number of H-pyrrole nitrogens is 1. The summed E-state index contributed by atoms with van der Waals surface area (Å²) in [6.45, 7) is 1.78. The monoisotopic (exact) mass is 265 g/mol. The van der Waals surface area contributed by atoms with E-state index in [1.165, 1.54) is 11.8 Å². The van der Waals surface area contributed by atoms with Crippen LogP contribution >= 0.6 is 23.4 Å². The third kappa shape index (κ3) is 2.53. The van der Waals surface area contributed by atoms with E-state index in [2.05, 4.69) is 15.2 Å². The molecular weight excluding hydrogens is 258 g/mol. The average Bonchev–Trinajstić information content (AvgIpc) is 2.58. The van der Waals surface area contributed by atoms with E-state index in [0.717, 1.165) is 5.41 Å². The van der Waals surface area contributed by atoms with Gasteiger partial charge in [0.05, 0.1) is 11.0 Å². The smallest absolute Gasteiger partial charge is 0.209 e. The third-order valence-corrected chi connectivity index (χ3v) is 5.16. The fourth-order valence-electron chi connectivity index (χ4n) is 1.18. The molecule has 8 heteroatoms. The van der Waals surface area contributed by atoms with Crippen LogP contribution in [0.15, 0.2) is 15.6 Å². The molecule has 1 aromatic heterocycles. The molecule has 0 amide bonds. The summed E-state index contributed by atoms with van der Waals surface area (Å²) < 4.78 is 22.4. The first-order chi connectivity index (χ1) is 6.96. The first kappa shape index (κ1) is 11.0. The SMILES string of the molecule is Cc1nc(SC2CS(=O)(=O)C=C2Cl)n[nH]1. The van der Waals surface area contributed by atoms with E-state index in [9.17, 15) is 8.42 Å². The summed E-state index contributed by atoms with van der Waals surface area (Å²) in [5.74, 6) is 0.711. The van der Waals surface area contributed by atoms with Gasteiger partial charge in [-0.1, -0.05) is 23.4 Å². The first-order valence-corrected chi connectivity index (χ1v) is 7.09. The van der Waals surface area contributed by atoms with E-state index in [-0.39, 0.29) is 11.0 Å². The molecule has 1 aliphatic heterocycles. The van der Waals surface area contributed by atoms with E-state index in [0.29, 0.717) is 16.0 Å². The summed E-state index contributed by atoms with van der Waals surface area (Å²) in [7, 11) is -3.14. The summed E-state index contributed by atoms with van der Waals surface area (Å²) in [6, 6.07) is 0. The minimum atomic E-state index is -3.14. The van der Waals surface area contributed by atoms with Crippen LogP contribution in [0.4, 0.5) is 0 Å². The van der Waals surface area contributed by atoms with Crippen LogP contribution in [-0.2, 0) is 9.84 Å². The van der Waals surface area contributed by atoms with Gasteiger partial charge >= 0.3 is 0 Å². The molecule has 82 valence electrons. The number of rotatable bonds is 2. The highest BCUT2D eigenvalue weighted by Crippen LogP contribution is 2.33. The quantitative estimate of drug-likeness (QED) is 0.866. The Morgan fingerprint density at radius 2 is 2.40 bits per heavy atom. The Hall–Kier alpha value is -0.530. The Balaban J connectivity index is 2.13. The fourth-order valence-corrected chi connectivity index (χ4v) is 4.74. The number of nitrogens with one attached hydrogen (secondary N) is 1. The lowest BCUT2D eigenvalue weighted by atomic mass is 10.5. The molecule has 0 radical (unpaired) electrons. The van der Waals surface area contributed by atoms with Gasteiger partial charge in [0.15, 0.2) is 9.84 Å². The van der Waals surface area contributed by atoms with Crippen molar-refractivity contribution in [3.05, 3.63) is 16.3 Å². The Bertz CT molecular complexity index is 508. The van der Waals surface area contributed by atoms with Crippen molar-refractivity contribution >= 4 is 33.2 Å². The van der Waals surface area contributed by atoms with Gasteiger partial charge < -0.3 is 0 Å². The lowest BCUT2D eigenvalue weighted by Gasteiger charge is -2.04. The molecule has 0 aromatic carbocycles. The predicted octanol–water partition coefficient (Wildman–Crippen LogP) is 1.08. The van der Waals surface area contributed by atoms with Gasteiger partial charge in [0, 0.05) is 10.4 Å². The first-order valence-electron chi connectivity index (χ1n) is 4.12. The number of aromatic nitrogens is 3. The maximum Gasteiger partial charge on any atom is 0.209 e. The van der Waals surface area contributed by atoms with E-state index in [1.54, 1.807) is 6.92 Å². The summed E-state index contributed by atoms with van der Waals surface area (Å²) in [6.07, 6.45) is 0. The van der Waals surface area contributed by atoms with Gasteiger partial charge in [-0.3, -0.25) is 5.10 Å². The molecule has 0 aliphatic carbocycles. The highest BCUT2D eigenvalue weighted by Gasteiger charge is 2.30. The summed E-state index contributed by atoms with van der Waals surface area (Å²) in [4.78, 5) is 4.07. The number of aryl methyl sites for hydroxylation is 1. The van der Waals surface area contributed by atoms with Gasteiger partial charge in [-0.2, -0.15) is 0 Å². The number of halogens is 1. The average molecular weight is 266 g/mol. The Kier molecular flexibility index (Phi) is 2.78. The maximum atomic E-state index is 11.2. The number of sulfone groups is 1. The van der Waals surface area contributed by atoms with Crippen molar-refractivity contribution in [2.75, 3.05) is 5.75 Å². The molecule has 1 aliphatic rings. The summed E-state index contributed by atoms with van der Waals surface area (Å²) in [5, 5.41) is 8.26. The highest BCUT2D eigenvalue weighted by atomic mass is 35.5. The van der Waals surface area contributed by atoms with Crippen LogP contribution in [0.2, 0.25) is 0 Å². The van der Waals surface area contributed by atoms with Crippen LogP contribution in [0.1, 0.15) is 5.82 Å².